The molecule has 0 radical (unpaired) electrons. The first kappa shape index (κ1) is 12.7. The van der Waals surface area contributed by atoms with Crippen LogP contribution in [0.1, 0.15) is 30.1 Å². The Balaban J connectivity index is 2.21. The Hall–Kier alpha value is -1.78. The van der Waals surface area contributed by atoms with Crippen LogP contribution in [-0.4, -0.2) is 31.2 Å². The molecule has 1 aromatic heterocycles. The number of carbonyl (C=O) groups is 1. The Morgan fingerprint density at radius 2 is 2.17 bits per heavy atom. The molecule has 0 saturated carbocycles. The van der Waals surface area contributed by atoms with Gasteiger partial charge in [-0.05, 0) is 24.8 Å². The maximum atomic E-state index is 11.6. The molecule has 1 aliphatic rings. The summed E-state index contributed by atoms with van der Waals surface area (Å²) in [7, 11) is 1.35. The Morgan fingerprint density at radius 3 is 2.78 bits per heavy atom. The lowest BCUT2D eigenvalue weighted by molar-refractivity contribution is 0.0602. The number of esters is 1. The van der Waals surface area contributed by atoms with Crippen molar-refractivity contribution < 1.29 is 9.53 Å². The number of nitrogens with two attached hydrogens (primary N) is 1. The standard InChI is InChI=1S/C13H19N3O2/c1-9-3-5-16(6-4-9)12-7-10(13(17)18-2)11(14)8-15-12/h7-9H,3-6,14H2,1-2H3. The molecule has 1 saturated heterocycles. The molecule has 5 nitrogen and oxygen atoms in total. The molecular weight excluding hydrogens is 230 g/mol. The summed E-state index contributed by atoms with van der Waals surface area (Å²) in [6.07, 6.45) is 3.83. The first-order valence-corrected chi connectivity index (χ1v) is 6.20. The normalized spacial score (nSPS) is 16.7. The fourth-order valence-electron chi connectivity index (χ4n) is 2.15. The van der Waals surface area contributed by atoms with Crippen molar-refractivity contribution in [2.75, 3.05) is 30.8 Å². The van der Waals surface area contributed by atoms with Gasteiger partial charge in [0.1, 0.15) is 5.82 Å². The van der Waals surface area contributed by atoms with Gasteiger partial charge in [0.15, 0.2) is 0 Å². The minimum atomic E-state index is -0.415. The highest BCUT2D eigenvalue weighted by Crippen LogP contribution is 2.24. The van der Waals surface area contributed by atoms with Gasteiger partial charge in [-0.15, -0.1) is 0 Å². The smallest absolute Gasteiger partial charge is 0.340 e. The molecule has 5 heteroatoms. The number of carbonyl (C=O) groups excluding carboxylic acids is 1. The van der Waals surface area contributed by atoms with Crippen LogP contribution in [0.4, 0.5) is 11.5 Å². The predicted octanol–water partition coefficient (Wildman–Crippen LogP) is 1.69. The van der Waals surface area contributed by atoms with E-state index in [9.17, 15) is 4.79 Å². The van der Waals surface area contributed by atoms with E-state index in [0.717, 1.165) is 37.7 Å². The molecule has 0 atom stereocenters. The SMILES string of the molecule is COC(=O)c1cc(N2CCC(C)CC2)ncc1N. The zero-order chi connectivity index (χ0) is 13.1. The van der Waals surface area contributed by atoms with Crippen molar-refractivity contribution in [2.24, 2.45) is 5.92 Å². The van der Waals surface area contributed by atoms with Crippen molar-refractivity contribution in [3.05, 3.63) is 17.8 Å². The average molecular weight is 249 g/mol. The van der Waals surface area contributed by atoms with Crippen LogP contribution in [-0.2, 0) is 4.74 Å². The first-order valence-electron chi connectivity index (χ1n) is 6.20. The van der Waals surface area contributed by atoms with Crippen molar-refractivity contribution in [3.8, 4) is 0 Å². The number of hydrogen-bond donors (Lipinski definition) is 1. The van der Waals surface area contributed by atoms with E-state index in [2.05, 4.69) is 16.8 Å². The molecule has 18 heavy (non-hydrogen) atoms. The van der Waals surface area contributed by atoms with Crippen LogP contribution in [0.5, 0.6) is 0 Å². The summed E-state index contributed by atoms with van der Waals surface area (Å²) >= 11 is 0. The number of pyridine rings is 1. The van der Waals surface area contributed by atoms with Crippen LogP contribution in [0, 0.1) is 5.92 Å². The zero-order valence-electron chi connectivity index (χ0n) is 10.8. The second-order valence-electron chi connectivity index (χ2n) is 4.79. The summed E-state index contributed by atoms with van der Waals surface area (Å²) in [5.74, 6) is 1.15. The number of methoxy groups -OCH3 is 1. The topological polar surface area (TPSA) is 68.5 Å². The molecule has 2 heterocycles. The Morgan fingerprint density at radius 1 is 1.50 bits per heavy atom. The van der Waals surface area contributed by atoms with Crippen molar-refractivity contribution in [3.63, 3.8) is 0 Å². The molecule has 1 aromatic rings. The third-order valence-corrected chi connectivity index (χ3v) is 3.43. The molecule has 2 N–H and O–H groups in total. The number of nitrogens with zero attached hydrogens (tertiary/aromatic N) is 2. The second-order valence-corrected chi connectivity index (χ2v) is 4.79. The van der Waals surface area contributed by atoms with Crippen molar-refractivity contribution in [1.29, 1.82) is 0 Å². The van der Waals surface area contributed by atoms with Gasteiger partial charge < -0.3 is 15.4 Å². The quantitative estimate of drug-likeness (QED) is 0.808. The highest BCUT2D eigenvalue weighted by molar-refractivity contribution is 5.95. The summed E-state index contributed by atoms with van der Waals surface area (Å²) < 4.78 is 4.71. The maximum absolute atomic E-state index is 11.6. The molecule has 2 rings (SSSR count). The lowest BCUT2D eigenvalue weighted by Crippen LogP contribution is -2.33. The molecule has 0 aromatic carbocycles. The first-order chi connectivity index (χ1) is 8.61. The molecule has 0 bridgehead atoms. The average Bonchev–Trinajstić information content (AvgIpc) is 2.39. The highest BCUT2D eigenvalue weighted by Gasteiger charge is 2.19. The molecule has 98 valence electrons. The second kappa shape index (κ2) is 5.25. The largest absolute Gasteiger partial charge is 0.465 e. The fourth-order valence-corrected chi connectivity index (χ4v) is 2.15. The van der Waals surface area contributed by atoms with E-state index >= 15 is 0 Å². The Bertz CT molecular complexity index is 440. The van der Waals surface area contributed by atoms with Gasteiger partial charge in [0.2, 0.25) is 0 Å². The lowest BCUT2D eigenvalue weighted by atomic mass is 9.99. The number of nitrogen functional groups attached to an aromatic ring is 1. The third kappa shape index (κ3) is 2.55. The van der Waals surface area contributed by atoms with Crippen molar-refractivity contribution in [2.45, 2.75) is 19.8 Å². The fraction of sp³-hybridized carbons (Fsp3) is 0.538. The summed E-state index contributed by atoms with van der Waals surface area (Å²) in [6, 6.07) is 1.72. The number of anilines is 2. The van der Waals surface area contributed by atoms with Gasteiger partial charge in [0.05, 0.1) is 24.6 Å². The van der Waals surface area contributed by atoms with Crippen molar-refractivity contribution >= 4 is 17.5 Å². The van der Waals surface area contributed by atoms with Gasteiger partial charge in [-0.2, -0.15) is 0 Å². The van der Waals surface area contributed by atoms with Gasteiger partial charge in [-0.1, -0.05) is 6.92 Å². The summed E-state index contributed by atoms with van der Waals surface area (Å²) in [5, 5.41) is 0. The van der Waals surface area contributed by atoms with Gasteiger partial charge in [0, 0.05) is 13.1 Å². The zero-order valence-corrected chi connectivity index (χ0v) is 10.8. The van der Waals surface area contributed by atoms with Crippen LogP contribution < -0.4 is 10.6 Å². The van der Waals surface area contributed by atoms with Crippen LogP contribution >= 0.6 is 0 Å². The number of piperidine rings is 1. The van der Waals surface area contributed by atoms with Crippen molar-refractivity contribution in [1.82, 2.24) is 4.98 Å². The summed E-state index contributed by atoms with van der Waals surface area (Å²) in [5.41, 5.74) is 6.48. The number of rotatable bonds is 2. The number of hydrogen-bond acceptors (Lipinski definition) is 5. The van der Waals surface area contributed by atoms with Gasteiger partial charge >= 0.3 is 5.97 Å². The summed E-state index contributed by atoms with van der Waals surface area (Å²) in [6.45, 7) is 4.20. The van der Waals surface area contributed by atoms with Gasteiger partial charge in [0.25, 0.3) is 0 Å². The molecule has 0 aliphatic carbocycles. The van der Waals surface area contributed by atoms with Crippen LogP contribution in [0.25, 0.3) is 0 Å². The Kier molecular flexibility index (Phi) is 3.69. The monoisotopic (exact) mass is 249 g/mol. The van der Waals surface area contributed by atoms with Crippen LogP contribution in [0.3, 0.4) is 0 Å². The highest BCUT2D eigenvalue weighted by atomic mass is 16.5. The molecular formula is C13H19N3O2. The summed E-state index contributed by atoms with van der Waals surface area (Å²) in [4.78, 5) is 18.1. The van der Waals surface area contributed by atoms with Gasteiger partial charge in [-0.3, -0.25) is 0 Å². The molecule has 0 spiro atoms. The van der Waals surface area contributed by atoms with E-state index in [0.29, 0.717) is 11.3 Å². The van der Waals surface area contributed by atoms with Crippen LogP contribution in [0.15, 0.2) is 12.3 Å². The maximum Gasteiger partial charge on any atom is 0.340 e. The predicted molar refractivity (Wildman–Crippen MR) is 70.6 cm³/mol. The Labute approximate surface area is 107 Å². The van der Waals surface area contributed by atoms with Gasteiger partial charge in [-0.25, -0.2) is 9.78 Å². The third-order valence-electron chi connectivity index (χ3n) is 3.43. The molecule has 1 aliphatic heterocycles. The molecule has 0 unspecified atom stereocenters. The minimum absolute atomic E-state index is 0.357. The van der Waals surface area contributed by atoms with E-state index < -0.39 is 5.97 Å². The lowest BCUT2D eigenvalue weighted by Gasteiger charge is -2.31. The molecule has 0 amide bonds. The number of aromatic nitrogens is 1. The van der Waals surface area contributed by atoms with Crippen LogP contribution in [0.2, 0.25) is 0 Å². The van der Waals surface area contributed by atoms with E-state index in [1.54, 1.807) is 6.07 Å². The molecule has 1 fully saturated rings. The van der Waals surface area contributed by atoms with E-state index in [-0.39, 0.29) is 0 Å². The minimum Gasteiger partial charge on any atom is -0.465 e. The van der Waals surface area contributed by atoms with E-state index in [1.807, 2.05) is 0 Å². The number of ether oxygens (including phenoxy) is 1. The van der Waals surface area contributed by atoms with E-state index in [4.69, 9.17) is 10.5 Å². The van der Waals surface area contributed by atoms with E-state index in [1.165, 1.54) is 13.3 Å².